The number of aromatic nitrogens is 2. The van der Waals surface area contributed by atoms with E-state index in [2.05, 4.69) is 9.97 Å². The molecule has 0 saturated carbocycles. The van der Waals surface area contributed by atoms with Gasteiger partial charge in [-0.25, -0.2) is 4.98 Å². The number of hydrogen-bond donors (Lipinski definition) is 3. The second-order valence-corrected chi connectivity index (χ2v) is 6.05. The predicted molar refractivity (Wildman–Crippen MR) is 92.4 cm³/mol. The van der Waals surface area contributed by atoms with E-state index in [0.717, 1.165) is 16.6 Å². The average molecular weight is 345 g/mol. The number of fused-ring (bicyclic) bond motifs is 2. The van der Waals surface area contributed by atoms with Gasteiger partial charge in [-0.05, 0) is 42.5 Å². The Labute approximate surface area is 140 Å². The van der Waals surface area contributed by atoms with Gasteiger partial charge in [0.05, 0.1) is 21.4 Å². The van der Waals surface area contributed by atoms with Crippen molar-refractivity contribution in [3.8, 4) is 22.9 Å². The summed E-state index contributed by atoms with van der Waals surface area (Å²) in [6.45, 7) is 0. The molecular formula is C17H10Cl2N2O2. The summed E-state index contributed by atoms with van der Waals surface area (Å²) in [5, 5.41) is 21.8. The maximum Gasteiger partial charge on any atom is 0.160 e. The molecule has 0 aliphatic heterocycles. The number of aromatic hydroxyl groups is 2. The first kappa shape index (κ1) is 14.2. The summed E-state index contributed by atoms with van der Waals surface area (Å²) in [5.41, 5.74) is 2.64. The number of benzene rings is 2. The van der Waals surface area contributed by atoms with E-state index < -0.39 is 0 Å². The van der Waals surface area contributed by atoms with Crippen molar-refractivity contribution in [3.63, 3.8) is 0 Å². The monoisotopic (exact) mass is 344 g/mol. The van der Waals surface area contributed by atoms with Gasteiger partial charge >= 0.3 is 0 Å². The van der Waals surface area contributed by atoms with E-state index >= 15 is 0 Å². The second-order valence-electron chi connectivity index (χ2n) is 5.24. The summed E-state index contributed by atoms with van der Waals surface area (Å²) in [7, 11) is 0. The van der Waals surface area contributed by atoms with Gasteiger partial charge in [0.25, 0.3) is 0 Å². The van der Waals surface area contributed by atoms with E-state index in [1.807, 2.05) is 12.1 Å². The standard InChI is InChI=1S/C17H10Cl2N2O2/c18-11-7-12(19)17(23)16-10(11)2-4-14(21-16)15-6-8-5-9(22)1-3-13(8)20-15/h1-7,20,22-23H. The summed E-state index contributed by atoms with van der Waals surface area (Å²) < 4.78 is 0. The van der Waals surface area contributed by atoms with Gasteiger partial charge in [0.1, 0.15) is 11.3 Å². The molecule has 114 valence electrons. The summed E-state index contributed by atoms with van der Waals surface area (Å²) in [6.07, 6.45) is 0. The van der Waals surface area contributed by atoms with Crippen LogP contribution in [0.15, 0.2) is 42.5 Å². The number of H-pyrrole nitrogens is 1. The van der Waals surface area contributed by atoms with Gasteiger partial charge in [-0.15, -0.1) is 0 Å². The molecule has 0 saturated heterocycles. The van der Waals surface area contributed by atoms with Crippen LogP contribution in [0.4, 0.5) is 0 Å². The fraction of sp³-hybridized carbons (Fsp3) is 0. The van der Waals surface area contributed by atoms with Crippen LogP contribution >= 0.6 is 23.2 Å². The van der Waals surface area contributed by atoms with Crippen molar-refractivity contribution >= 4 is 45.0 Å². The normalized spacial score (nSPS) is 11.4. The first-order chi connectivity index (χ1) is 11.0. The van der Waals surface area contributed by atoms with E-state index in [0.29, 0.717) is 21.6 Å². The lowest BCUT2D eigenvalue weighted by atomic mass is 10.1. The highest BCUT2D eigenvalue weighted by atomic mass is 35.5. The van der Waals surface area contributed by atoms with Crippen molar-refractivity contribution in [3.05, 3.63) is 52.5 Å². The molecule has 0 spiro atoms. The zero-order chi connectivity index (χ0) is 16.1. The maximum atomic E-state index is 10.1. The van der Waals surface area contributed by atoms with Crippen LogP contribution in [-0.2, 0) is 0 Å². The Morgan fingerprint density at radius 3 is 2.57 bits per heavy atom. The second kappa shape index (κ2) is 5.05. The molecule has 2 heterocycles. The van der Waals surface area contributed by atoms with Gasteiger partial charge in [0.2, 0.25) is 0 Å². The molecule has 3 N–H and O–H groups in total. The third-order valence-electron chi connectivity index (χ3n) is 3.74. The van der Waals surface area contributed by atoms with Crippen LogP contribution in [0.5, 0.6) is 11.5 Å². The number of phenols is 2. The van der Waals surface area contributed by atoms with Gasteiger partial charge < -0.3 is 15.2 Å². The Balaban J connectivity index is 1.95. The Kier molecular flexibility index (Phi) is 3.11. The predicted octanol–water partition coefficient (Wildman–Crippen LogP) is 5.10. The number of nitrogens with zero attached hydrogens (tertiary/aromatic N) is 1. The van der Waals surface area contributed by atoms with Crippen molar-refractivity contribution < 1.29 is 10.2 Å². The molecule has 4 aromatic rings. The molecule has 0 aliphatic rings. The molecule has 4 nitrogen and oxygen atoms in total. The fourth-order valence-electron chi connectivity index (χ4n) is 2.61. The molecular weight excluding hydrogens is 335 g/mol. The summed E-state index contributed by atoms with van der Waals surface area (Å²) >= 11 is 12.1. The third kappa shape index (κ3) is 2.27. The van der Waals surface area contributed by atoms with Crippen LogP contribution in [0.2, 0.25) is 10.0 Å². The molecule has 0 radical (unpaired) electrons. The zero-order valence-electron chi connectivity index (χ0n) is 11.6. The SMILES string of the molecule is Oc1ccc2[nH]c(-c3ccc4c(Cl)cc(Cl)c(O)c4n3)cc2c1. The highest BCUT2D eigenvalue weighted by molar-refractivity contribution is 6.39. The summed E-state index contributed by atoms with van der Waals surface area (Å²) in [4.78, 5) is 7.70. The lowest BCUT2D eigenvalue weighted by Gasteiger charge is -2.06. The van der Waals surface area contributed by atoms with E-state index in [1.54, 1.807) is 24.3 Å². The van der Waals surface area contributed by atoms with Crippen molar-refractivity contribution in [1.29, 1.82) is 0 Å². The highest BCUT2D eigenvalue weighted by Crippen LogP contribution is 2.37. The van der Waals surface area contributed by atoms with E-state index in [4.69, 9.17) is 23.2 Å². The first-order valence-corrected chi connectivity index (χ1v) is 7.58. The van der Waals surface area contributed by atoms with Gasteiger partial charge in [0, 0.05) is 16.3 Å². The first-order valence-electron chi connectivity index (χ1n) is 6.83. The van der Waals surface area contributed by atoms with Crippen LogP contribution in [0, 0.1) is 0 Å². The van der Waals surface area contributed by atoms with Gasteiger partial charge in [-0.1, -0.05) is 23.2 Å². The van der Waals surface area contributed by atoms with Crippen molar-refractivity contribution in [2.24, 2.45) is 0 Å². The van der Waals surface area contributed by atoms with E-state index in [1.165, 1.54) is 6.07 Å². The molecule has 0 fully saturated rings. The number of halogens is 2. The number of phenolic OH excluding ortho intramolecular Hbond substituents is 2. The minimum absolute atomic E-state index is 0.0957. The number of aromatic amines is 1. The molecule has 4 rings (SSSR count). The topological polar surface area (TPSA) is 69.1 Å². The fourth-order valence-corrected chi connectivity index (χ4v) is 3.13. The minimum Gasteiger partial charge on any atom is -0.508 e. The van der Waals surface area contributed by atoms with Gasteiger partial charge in [0.15, 0.2) is 5.75 Å². The van der Waals surface area contributed by atoms with Crippen molar-refractivity contribution in [2.75, 3.05) is 0 Å². The van der Waals surface area contributed by atoms with Crippen molar-refractivity contribution in [2.45, 2.75) is 0 Å². The molecule has 0 atom stereocenters. The van der Waals surface area contributed by atoms with Crippen LogP contribution < -0.4 is 0 Å². The quantitative estimate of drug-likeness (QED) is 0.449. The number of nitrogens with one attached hydrogen (secondary N) is 1. The molecule has 23 heavy (non-hydrogen) atoms. The molecule has 2 aromatic carbocycles. The Bertz CT molecular complexity index is 1070. The number of rotatable bonds is 1. The summed E-state index contributed by atoms with van der Waals surface area (Å²) in [5.74, 6) is 0.104. The lowest BCUT2D eigenvalue weighted by molar-refractivity contribution is 0.476. The van der Waals surface area contributed by atoms with Gasteiger partial charge in [-0.2, -0.15) is 0 Å². The molecule has 0 unspecified atom stereocenters. The Morgan fingerprint density at radius 2 is 1.74 bits per heavy atom. The highest BCUT2D eigenvalue weighted by Gasteiger charge is 2.13. The Hall–Kier alpha value is -2.43. The minimum atomic E-state index is -0.0957. The molecule has 0 bridgehead atoms. The van der Waals surface area contributed by atoms with Crippen LogP contribution in [-0.4, -0.2) is 20.2 Å². The maximum absolute atomic E-state index is 10.1. The molecule has 6 heteroatoms. The van der Waals surface area contributed by atoms with E-state index in [-0.39, 0.29) is 16.5 Å². The molecule has 2 aromatic heterocycles. The summed E-state index contributed by atoms with van der Waals surface area (Å²) in [6, 6.07) is 12.1. The smallest absolute Gasteiger partial charge is 0.160 e. The van der Waals surface area contributed by atoms with Crippen LogP contribution in [0.25, 0.3) is 33.2 Å². The number of pyridine rings is 1. The largest absolute Gasteiger partial charge is 0.508 e. The zero-order valence-corrected chi connectivity index (χ0v) is 13.2. The van der Waals surface area contributed by atoms with Crippen LogP contribution in [0.3, 0.4) is 0 Å². The van der Waals surface area contributed by atoms with Gasteiger partial charge in [-0.3, -0.25) is 0 Å². The van der Waals surface area contributed by atoms with Crippen LogP contribution in [0.1, 0.15) is 0 Å². The third-order valence-corrected chi connectivity index (χ3v) is 4.34. The Morgan fingerprint density at radius 1 is 0.913 bits per heavy atom. The number of hydrogen-bond acceptors (Lipinski definition) is 3. The molecule has 0 aliphatic carbocycles. The van der Waals surface area contributed by atoms with Crippen molar-refractivity contribution in [1.82, 2.24) is 9.97 Å². The molecule has 0 amide bonds. The van der Waals surface area contributed by atoms with E-state index in [9.17, 15) is 10.2 Å². The average Bonchev–Trinajstić information content (AvgIpc) is 2.95. The lowest BCUT2D eigenvalue weighted by Crippen LogP contribution is -1.87.